The first kappa shape index (κ1) is 15.5. The van der Waals surface area contributed by atoms with Gasteiger partial charge >= 0.3 is 5.97 Å². The van der Waals surface area contributed by atoms with Crippen molar-refractivity contribution in [2.75, 3.05) is 6.61 Å². The number of hydrogen-bond donors (Lipinski definition) is 1. The number of carboxylic acid groups (broad SMARTS) is 1. The molecule has 0 fully saturated rings. The van der Waals surface area contributed by atoms with Gasteiger partial charge in [-0.05, 0) is 30.7 Å². The summed E-state index contributed by atoms with van der Waals surface area (Å²) in [4.78, 5) is 10.6. The van der Waals surface area contributed by atoms with E-state index in [4.69, 9.17) is 9.84 Å². The van der Waals surface area contributed by atoms with E-state index in [1.807, 2.05) is 0 Å². The highest BCUT2D eigenvalue weighted by atomic mass is 19.1. The highest BCUT2D eigenvalue weighted by molar-refractivity contribution is 5.87. The zero-order chi connectivity index (χ0) is 14.1. The van der Waals surface area contributed by atoms with Gasteiger partial charge in [0, 0.05) is 0 Å². The highest BCUT2D eigenvalue weighted by Gasteiger charge is 2.08. The highest BCUT2D eigenvalue weighted by Crippen LogP contribution is 2.14. The third-order valence-electron chi connectivity index (χ3n) is 2.90. The summed E-state index contributed by atoms with van der Waals surface area (Å²) in [5, 5.41) is 8.73. The molecule has 0 amide bonds. The predicted molar refractivity (Wildman–Crippen MR) is 72.6 cm³/mol. The lowest BCUT2D eigenvalue weighted by atomic mass is 10.1. The van der Waals surface area contributed by atoms with E-state index in [9.17, 15) is 9.18 Å². The molecule has 0 aliphatic carbocycles. The normalized spacial score (nSPS) is 12.1. The Bertz CT molecular complexity index is 375. The van der Waals surface area contributed by atoms with E-state index >= 15 is 0 Å². The summed E-state index contributed by atoms with van der Waals surface area (Å²) in [6.07, 6.45) is 3.79. The molecule has 1 N–H and O–H groups in total. The number of unbranched alkanes of at least 4 members (excludes halogenated alkanes) is 3. The van der Waals surface area contributed by atoms with Gasteiger partial charge in [0.1, 0.15) is 18.5 Å². The van der Waals surface area contributed by atoms with E-state index < -0.39 is 12.1 Å². The van der Waals surface area contributed by atoms with Crippen molar-refractivity contribution in [3.05, 3.63) is 29.8 Å². The second kappa shape index (κ2) is 8.51. The summed E-state index contributed by atoms with van der Waals surface area (Å²) in [7, 11) is 0. The Morgan fingerprint density at radius 3 is 2.53 bits per heavy atom. The van der Waals surface area contributed by atoms with E-state index in [0.717, 1.165) is 25.7 Å². The van der Waals surface area contributed by atoms with E-state index in [1.54, 1.807) is 12.1 Å². The van der Waals surface area contributed by atoms with Crippen LogP contribution < -0.4 is 4.74 Å². The molecule has 0 saturated carbocycles. The van der Waals surface area contributed by atoms with Crippen LogP contribution in [-0.2, 0) is 0 Å². The topological polar surface area (TPSA) is 46.5 Å². The molecule has 1 atom stereocenters. The zero-order valence-electron chi connectivity index (χ0n) is 11.3. The summed E-state index contributed by atoms with van der Waals surface area (Å²) in [5.41, 5.74) is 0.198. The molecule has 0 aliphatic rings. The molecule has 4 heteroatoms. The van der Waals surface area contributed by atoms with E-state index in [-0.39, 0.29) is 12.2 Å². The molecule has 0 bridgehead atoms. The minimum absolute atomic E-state index is 0.0263. The Kier molecular flexibility index (Phi) is 6.93. The number of alkyl halides is 1. The van der Waals surface area contributed by atoms with Gasteiger partial charge < -0.3 is 9.84 Å². The molecule has 1 rings (SSSR count). The van der Waals surface area contributed by atoms with Gasteiger partial charge in [0.2, 0.25) is 0 Å². The van der Waals surface area contributed by atoms with Crippen LogP contribution >= 0.6 is 0 Å². The third-order valence-corrected chi connectivity index (χ3v) is 2.90. The van der Waals surface area contributed by atoms with Gasteiger partial charge in [-0.2, -0.15) is 0 Å². The molecule has 1 aromatic carbocycles. The molecule has 1 aromatic rings. The van der Waals surface area contributed by atoms with Crippen LogP contribution in [0.15, 0.2) is 24.3 Å². The van der Waals surface area contributed by atoms with Gasteiger partial charge in [-0.25, -0.2) is 9.18 Å². The maximum atomic E-state index is 13.5. The molecule has 19 heavy (non-hydrogen) atoms. The van der Waals surface area contributed by atoms with Gasteiger partial charge in [0.15, 0.2) is 0 Å². The van der Waals surface area contributed by atoms with Crippen LogP contribution in [0.3, 0.4) is 0 Å². The van der Waals surface area contributed by atoms with Crippen LogP contribution in [0.1, 0.15) is 49.4 Å². The lowest BCUT2D eigenvalue weighted by Crippen LogP contribution is -2.12. The largest absolute Gasteiger partial charge is 0.491 e. The molecule has 0 spiro atoms. The fraction of sp³-hybridized carbons (Fsp3) is 0.533. The van der Waals surface area contributed by atoms with Crippen molar-refractivity contribution in [1.29, 1.82) is 0 Å². The van der Waals surface area contributed by atoms with Crippen molar-refractivity contribution in [2.24, 2.45) is 0 Å². The lowest BCUT2D eigenvalue weighted by Gasteiger charge is -2.10. The maximum absolute atomic E-state index is 13.5. The number of hydrogen-bond acceptors (Lipinski definition) is 2. The van der Waals surface area contributed by atoms with E-state index in [0.29, 0.717) is 12.2 Å². The maximum Gasteiger partial charge on any atom is 0.335 e. The first-order valence-electron chi connectivity index (χ1n) is 6.73. The Morgan fingerprint density at radius 1 is 1.26 bits per heavy atom. The second-order valence-corrected chi connectivity index (χ2v) is 4.59. The van der Waals surface area contributed by atoms with Crippen LogP contribution in [0.4, 0.5) is 4.39 Å². The van der Waals surface area contributed by atoms with E-state index in [2.05, 4.69) is 6.92 Å². The van der Waals surface area contributed by atoms with Gasteiger partial charge in [-0.15, -0.1) is 0 Å². The Morgan fingerprint density at radius 2 is 1.95 bits per heavy atom. The molecule has 3 nitrogen and oxygen atoms in total. The molecule has 106 valence electrons. The monoisotopic (exact) mass is 268 g/mol. The van der Waals surface area contributed by atoms with Gasteiger partial charge in [0.25, 0.3) is 0 Å². The zero-order valence-corrected chi connectivity index (χ0v) is 11.3. The summed E-state index contributed by atoms with van der Waals surface area (Å²) in [6, 6.07) is 6.00. The average Bonchev–Trinajstić information content (AvgIpc) is 2.42. The Labute approximate surface area is 113 Å². The van der Waals surface area contributed by atoms with Crippen molar-refractivity contribution in [3.8, 4) is 5.75 Å². The van der Waals surface area contributed by atoms with Crippen LogP contribution in [0.5, 0.6) is 5.75 Å². The minimum Gasteiger partial charge on any atom is -0.491 e. The molecule has 0 aliphatic heterocycles. The quantitative estimate of drug-likeness (QED) is 0.687. The molecule has 0 aromatic heterocycles. The first-order valence-corrected chi connectivity index (χ1v) is 6.73. The molecular formula is C15H21FO3. The number of carbonyl (C=O) groups is 1. The predicted octanol–water partition coefficient (Wildman–Crippen LogP) is 4.07. The van der Waals surface area contributed by atoms with Crippen LogP contribution in [0, 0.1) is 0 Å². The molecule has 0 unspecified atom stereocenters. The molecular weight excluding hydrogens is 247 g/mol. The Hall–Kier alpha value is -1.58. The van der Waals surface area contributed by atoms with Crippen LogP contribution in [0.2, 0.25) is 0 Å². The first-order chi connectivity index (χ1) is 9.13. The standard InChI is InChI=1S/C15H21FO3/c1-2-3-4-5-6-13(16)11-19-14-9-7-12(8-10-14)15(17)18/h7-10,13H,2-6,11H2,1H3,(H,17,18)/t13-/m1/s1. The summed E-state index contributed by atoms with van der Waals surface area (Å²) >= 11 is 0. The summed E-state index contributed by atoms with van der Waals surface area (Å²) < 4.78 is 18.8. The van der Waals surface area contributed by atoms with E-state index in [1.165, 1.54) is 12.1 Å². The SMILES string of the molecule is CCCCCC[C@@H](F)COc1ccc(C(=O)O)cc1. The van der Waals surface area contributed by atoms with Crippen molar-refractivity contribution in [3.63, 3.8) is 0 Å². The number of ether oxygens (including phenoxy) is 1. The van der Waals surface area contributed by atoms with Crippen molar-refractivity contribution in [1.82, 2.24) is 0 Å². The number of rotatable bonds is 9. The number of benzene rings is 1. The minimum atomic E-state index is -0.981. The molecule has 0 heterocycles. The average molecular weight is 268 g/mol. The molecule has 0 saturated heterocycles. The van der Waals surface area contributed by atoms with Crippen molar-refractivity contribution in [2.45, 2.75) is 45.2 Å². The fourth-order valence-corrected chi connectivity index (χ4v) is 1.76. The smallest absolute Gasteiger partial charge is 0.335 e. The number of aromatic carboxylic acids is 1. The van der Waals surface area contributed by atoms with Gasteiger partial charge in [0.05, 0.1) is 5.56 Å². The lowest BCUT2D eigenvalue weighted by molar-refractivity contribution is 0.0697. The summed E-state index contributed by atoms with van der Waals surface area (Å²) in [6.45, 7) is 2.15. The fourth-order valence-electron chi connectivity index (χ4n) is 1.76. The van der Waals surface area contributed by atoms with Crippen molar-refractivity contribution >= 4 is 5.97 Å². The summed E-state index contributed by atoms with van der Waals surface area (Å²) in [5.74, 6) is -0.480. The van der Waals surface area contributed by atoms with Crippen LogP contribution in [-0.4, -0.2) is 23.9 Å². The van der Waals surface area contributed by atoms with Crippen molar-refractivity contribution < 1.29 is 19.0 Å². The third kappa shape index (κ3) is 6.22. The second-order valence-electron chi connectivity index (χ2n) is 4.59. The molecule has 0 radical (unpaired) electrons. The Balaban J connectivity index is 2.25. The van der Waals surface area contributed by atoms with Gasteiger partial charge in [-0.1, -0.05) is 32.6 Å². The number of halogens is 1. The van der Waals surface area contributed by atoms with Gasteiger partial charge in [-0.3, -0.25) is 0 Å². The van der Waals surface area contributed by atoms with Crippen LogP contribution in [0.25, 0.3) is 0 Å². The number of carboxylic acids is 1.